The van der Waals surface area contributed by atoms with E-state index in [1.165, 1.54) is 34.8 Å². The van der Waals surface area contributed by atoms with Crippen LogP contribution in [0.5, 0.6) is 5.75 Å². The number of anilines is 2. The molecule has 0 aliphatic carbocycles. The molecule has 1 heterocycles. The predicted octanol–water partition coefficient (Wildman–Crippen LogP) is 5.19. The first-order chi connectivity index (χ1) is 16.0. The Morgan fingerprint density at radius 3 is 2.47 bits per heavy atom. The van der Waals surface area contributed by atoms with Gasteiger partial charge >= 0.3 is 6.36 Å². The molecule has 0 radical (unpaired) electrons. The van der Waals surface area contributed by atoms with Crippen molar-refractivity contribution in [1.82, 2.24) is 4.31 Å². The van der Waals surface area contributed by atoms with E-state index >= 15 is 0 Å². The highest BCUT2D eigenvalue weighted by molar-refractivity contribution is 7.88. The molecular weight excluding hydrogens is 467 g/mol. The molecule has 1 aliphatic rings. The first kappa shape index (κ1) is 23.6. The van der Waals surface area contributed by atoms with Gasteiger partial charge in [0, 0.05) is 30.0 Å². The zero-order valence-electron chi connectivity index (χ0n) is 18.1. The third-order valence-corrected chi connectivity index (χ3v) is 6.76. The van der Waals surface area contributed by atoms with Crippen LogP contribution in [-0.4, -0.2) is 31.9 Å². The molecule has 0 spiro atoms. The molecule has 0 atom stereocenters. The van der Waals surface area contributed by atoms with Crippen molar-refractivity contribution in [2.45, 2.75) is 19.3 Å². The molecule has 0 bridgehead atoms. The van der Waals surface area contributed by atoms with Crippen molar-refractivity contribution in [3.8, 4) is 22.9 Å². The van der Waals surface area contributed by atoms with E-state index in [-0.39, 0.29) is 17.9 Å². The van der Waals surface area contributed by atoms with Crippen molar-refractivity contribution < 1.29 is 26.3 Å². The lowest BCUT2D eigenvalue weighted by Gasteiger charge is -2.28. The van der Waals surface area contributed by atoms with Crippen molar-refractivity contribution >= 4 is 21.4 Å². The summed E-state index contributed by atoms with van der Waals surface area (Å²) in [5.41, 5.74) is 4.16. The van der Waals surface area contributed by atoms with Gasteiger partial charge in [-0.3, -0.25) is 0 Å². The van der Waals surface area contributed by atoms with Gasteiger partial charge in [-0.1, -0.05) is 24.3 Å². The van der Waals surface area contributed by atoms with Crippen LogP contribution in [0, 0.1) is 11.3 Å². The van der Waals surface area contributed by atoms with Crippen LogP contribution in [0.3, 0.4) is 0 Å². The SMILES string of the molecule is CS(=O)(=O)N1CCc2c(cccc2Nc2ccc(OC(F)(F)F)c(-c3ccc(C#N)cc3)c2)C1. The number of benzene rings is 3. The van der Waals surface area contributed by atoms with Crippen LogP contribution in [0.25, 0.3) is 11.1 Å². The van der Waals surface area contributed by atoms with Crippen LogP contribution in [0.15, 0.2) is 60.7 Å². The smallest absolute Gasteiger partial charge is 0.405 e. The van der Waals surface area contributed by atoms with Gasteiger partial charge < -0.3 is 10.1 Å². The second kappa shape index (κ2) is 9.00. The van der Waals surface area contributed by atoms with Crippen molar-refractivity contribution in [3.05, 3.63) is 77.4 Å². The quantitative estimate of drug-likeness (QED) is 0.536. The van der Waals surface area contributed by atoms with E-state index in [9.17, 15) is 21.6 Å². The maximum Gasteiger partial charge on any atom is 0.573 e. The third-order valence-electron chi connectivity index (χ3n) is 5.51. The Balaban J connectivity index is 1.69. The highest BCUT2D eigenvalue weighted by Gasteiger charge is 2.32. The average molecular weight is 488 g/mol. The van der Waals surface area contributed by atoms with Crippen molar-refractivity contribution in [2.24, 2.45) is 0 Å². The number of alkyl halides is 3. The number of fused-ring (bicyclic) bond motifs is 1. The summed E-state index contributed by atoms with van der Waals surface area (Å²) in [6.45, 7) is 0.609. The van der Waals surface area contributed by atoms with Crippen molar-refractivity contribution in [2.75, 3.05) is 18.1 Å². The lowest BCUT2D eigenvalue weighted by Crippen LogP contribution is -2.35. The standard InChI is InChI=1S/C24H20F3N3O3S/c1-34(31,32)30-12-11-20-18(15-30)3-2-4-22(20)29-19-9-10-23(33-24(25,26)27)21(13-19)17-7-5-16(14-28)6-8-17/h2-10,13,29H,11-12,15H2,1H3. The fourth-order valence-electron chi connectivity index (χ4n) is 3.91. The summed E-state index contributed by atoms with van der Waals surface area (Å²) in [6, 6.07) is 17.9. The Kier molecular flexibility index (Phi) is 6.25. The minimum Gasteiger partial charge on any atom is -0.405 e. The topological polar surface area (TPSA) is 82.4 Å². The van der Waals surface area contributed by atoms with Crippen molar-refractivity contribution in [1.29, 1.82) is 5.26 Å². The molecule has 3 aromatic carbocycles. The largest absolute Gasteiger partial charge is 0.573 e. The minimum absolute atomic E-state index is 0.208. The molecule has 3 aromatic rings. The average Bonchev–Trinajstić information content (AvgIpc) is 2.78. The molecule has 0 saturated heterocycles. The molecule has 0 amide bonds. The van der Waals surface area contributed by atoms with Crippen LogP contribution in [-0.2, 0) is 23.0 Å². The number of hydrogen-bond donors (Lipinski definition) is 1. The molecule has 0 saturated carbocycles. The molecule has 10 heteroatoms. The third kappa shape index (κ3) is 5.32. The maximum absolute atomic E-state index is 13.0. The van der Waals surface area contributed by atoms with E-state index in [0.717, 1.165) is 16.8 Å². The van der Waals surface area contributed by atoms with Gasteiger partial charge in [-0.25, -0.2) is 8.42 Å². The number of sulfonamides is 1. The number of nitrogens with zero attached hydrogens (tertiary/aromatic N) is 2. The molecule has 0 unspecified atom stereocenters. The fraction of sp³-hybridized carbons (Fsp3) is 0.208. The molecule has 6 nitrogen and oxygen atoms in total. The highest BCUT2D eigenvalue weighted by Crippen LogP contribution is 2.37. The van der Waals surface area contributed by atoms with Gasteiger partial charge in [0.05, 0.1) is 17.9 Å². The van der Waals surface area contributed by atoms with Gasteiger partial charge in [0.25, 0.3) is 0 Å². The number of nitriles is 1. The lowest BCUT2D eigenvalue weighted by atomic mass is 9.98. The molecule has 1 N–H and O–H groups in total. The van der Waals surface area contributed by atoms with Crippen LogP contribution < -0.4 is 10.1 Å². The Bertz CT molecular complexity index is 1360. The van der Waals surface area contributed by atoms with Gasteiger partial charge in [0.15, 0.2) is 0 Å². The van der Waals surface area contributed by atoms with Crippen molar-refractivity contribution in [3.63, 3.8) is 0 Å². The molecule has 1 aliphatic heterocycles. The van der Waals surface area contributed by atoms with Crippen LogP contribution in [0.1, 0.15) is 16.7 Å². The summed E-state index contributed by atoms with van der Waals surface area (Å²) >= 11 is 0. The van der Waals surface area contributed by atoms with Gasteiger partial charge in [-0.05, 0) is 59.5 Å². The first-order valence-corrected chi connectivity index (χ1v) is 12.1. The zero-order valence-corrected chi connectivity index (χ0v) is 18.9. The second-order valence-corrected chi connectivity index (χ2v) is 9.85. The summed E-state index contributed by atoms with van der Waals surface area (Å²) in [6.07, 6.45) is -3.18. The lowest BCUT2D eigenvalue weighted by molar-refractivity contribution is -0.274. The number of hydrogen-bond acceptors (Lipinski definition) is 5. The van der Waals surface area contributed by atoms with E-state index in [1.54, 1.807) is 24.3 Å². The molecule has 4 rings (SSSR count). The zero-order chi connectivity index (χ0) is 24.5. The normalized spacial score (nSPS) is 14.2. The Morgan fingerprint density at radius 1 is 1.09 bits per heavy atom. The van der Waals surface area contributed by atoms with Gasteiger partial charge in [0.1, 0.15) is 5.75 Å². The summed E-state index contributed by atoms with van der Waals surface area (Å²) in [5, 5.41) is 12.3. The van der Waals surface area contributed by atoms with E-state index in [0.29, 0.717) is 29.8 Å². The first-order valence-electron chi connectivity index (χ1n) is 10.3. The number of halogens is 3. The minimum atomic E-state index is -4.86. The van der Waals surface area contributed by atoms with Gasteiger partial charge in [-0.2, -0.15) is 9.57 Å². The van der Waals surface area contributed by atoms with E-state index in [2.05, 4.69) is 10.1 Å². The number of ether oxygens (including phenoxy) is 1. The maximum atomic E-state index is 13.0. The van der Waals surface area contributed by atoms with E-state index in [1.807, 2.05) is 18.2 Å². The second-order valence-electron chi connectivity index (χ2n) is 7.86. The number of nitrogens with one attached hydrogen (secondary N) is 1. The Labute approximate surface area is 195 Å². The number of rotatable bonds is 5. The summed E-state index contributed by atoms with van der Waals surface area (Å²) in [5.74, 6) is -0.360. The van der Waals surface area contributed by atoms with E-state index in [4.69, 9.17) is 5.26 Å². The molecule has 176 valence electrons. The van der Waals surface area contributed by atoms with Crippen LogP contribution >= 0.6 is 0 Å². The Hall–Kier alpha value is -3.55. The molecule has 0 fully saturated rings. The van der Waals surface area contributed by atoms with Gasteiger partial charge in [-0.15, -0.1) is 13.2 Å². The highest BCUT2D eigenvalue weighted by atomic mass is 32.2. The summed E-state index contributed by atoms with van der Waals surface area (Å²) in [7, 11) is -3.31. The molecular formula is C24H20F3N3O3S. The predicted molar refractivity (Wildman–Crippen MR) is 122 cm³/mol. The molecule has 34 heavy (non-hydrogen) atoms. The van der Waals surface area contributed by atoms with Gasteiger partial charge in [0.2, 0.25) is 10.0 Å². The Morgan fingerprint density at radius 2 is 1.82 bits per heavy atom. The molecule has 0 aromatic heterocycles. The summed E-state index contributed by atoms with van der Waals surface area (Å²) < 4.78 is 68.4. The van der Waals surface area contributed by atoms with Crippen LogP contribution in [0.4, 0.5) is 24.5 Å². The van der Waals surface area contributed by atoms with Crippen LogP contribution in [0.2, 0.25) is 0 Å². The fourth-order valence-corrected chi connectivity index (χ4v) is 4.71. The van der Waals surface area contributed by atoms with E-state index < -0.39 is 16.4 Å². The monoisotopic (exact) mass is 487 g/mol. The summed E-state index contributed by atoms with van der Waals surface area (Å²) in [4.78, 5) is 0.